The fourth-order valence-corrected chi connectivity index (χ4v) is 5.02. The maximum Gasteiger partial charge on any atom is 0.338 e. The maximum atomic E-state index is 12.7. The van der Waals surface area contributed by atoms with Gasteiger partial charge >= 0.3 is 5.97 Å². The van der Waals surface area contributed by atoms with Crippen molar-refractivity contribution in [2.24, 2.45) is 11.8 Å². The van der Waals surface area contributed by atoms with E-state index in [1.54, 1.807) is 6.07 Å². The highest BCUT2D eigenvalue weighted by molar-refractivity contribution is 5.90. The van der Waals surface area contributed by atoms with Crippen LogP contribution in [0, 0.1) is 18.8 Å². The summed E-state index contributed by atoms with van der Waals surface area (Å²) in [7, 11) is 0. The third-order valence-electron chi connectivity index (χ3n) is 6.83. The van der Waals surface area contributed by atoms with Crippen molar-refractivity contribution in [3.05, 3.63) is 53.6 Å². The predicted molar refractivity (Wildman–Crippen MR) is 129 cm³/mol. The van der Waals surface area contributed by atoms with Crippen LogP contribution in [-0.2, 0) is 9.47 Å². The summed E-state index contributed by atoms with van der Waals surface area (Å²) in [6.07, 6.45) is 9.55. The highest BCUT2D eigenvalue weighted by Gasteiger charge is 2.32. The molecule has 4 heteroatoms. The number of benzene rings is 1. The molecule has 0 aromatic heterocycles. The molecule has 2 saturated carbocycles. The van der Waals surface area contributed by atoms with E-state index in [4.69, 9.17) is 14.2 Å². The van der Waals surface area contributed by atoms with Gasteiger partial charge in [0.1, 0.15) is 18.5 Å². The van der Waals surface area contributed by atoms with Crippen LogP contribution in [0.5, 0.6) is 5.75 Å². The zero-order valence-electron chi connectivity index (χ0n) is 20.2. The van der Waals surface area contributed by atoms with Crippen molar-refractivity contribution in [3.63, 3.8) is 0 Å². The summed E-state index contributed by atoms with van der Waals surface area (Å²) < 4.78 is 17.5. The molecule has 2 aliphatic carbocycles. The Balaban J connectivity index is 1.41. The number of ether oxygens (including phenoxy) is 3. The summed E-state index contributed by atoms with van der Waals surface area (Å²) in [4.78, 5) is 12.7. The first-order valence-electron chi connectivity index (χ1n) is 12.2. The van der Waals surface area contributed by atoms with E-state index in [0.29, 0.717) is 24.9 Å². The molecule has 4 nitrogen and oxygen atoms in total. The Hall–Kier alpha value is -2.07. The molecule has 0 bridgehead atoms. The molecule has 1 aromatic rings. The van der Waals surface area contributed by atoms with Gasteiger partial charge in [-0.1, -0.05) is 18.7 Å². The van der Waals surface area contributed by atoms with Crippen LogP contribution in [0.1, 0.15) is 81.1 Å². The van der Waals surface area contributed by atoms with Crippen molar-refractivity contribution in [2.75, 3.05) is 13.2 Å². The molecule has 32 heavy (non-hydrogen) atoms. The normalized spacial score (nSPS) is 25.7. The van der Waals surface area contributed by atoms with Crippen molar-refractivity contribution < 1.29 is 19.0 Å². The monoisotopic (exact) mass is 440 g/mol. The summed E-state index contributed by atoms with van der Waals surface area (Å²) in [6.45, 7) is 14.9. The molecule has 0 unspecified atom stereocenters. The molecular formula is C28H40O4. The van der Waals surface area contributed by atoms with Gasteiger partial charge in [-0.25, -0.2) is 4.79 Å². The van der Waals surface area contributed by atoms with Gasteiger partial charge in [0.15, 0.2) is 0 Å². The average molecular weight is 441 g/mol. The lowest BCUT2D eigenvalue weighted by molar-refractivity contribution is -0.0000670. The third kappa shape index (κ3) is 7.23. The van der Waals surface area contributed by atoms with E-state index in [1.807, 2.05) is 32.9 Å². The molecule has 0 radical (unpaired) electrons. The van der Waals surface area contributed by atoms with Crippen LogP contribution < -0.4 is 4.74 Å². The highest BCUT2D eigenvalue weighted by atomic mass is 16.5. The molecule has 0 saturated heterocycles. The third-order valence-corrected chi connectivity index (χ3v) is 6.83. The zero-order chi connectivity index (χ0) is 23.1. The van der Waals surface area contributed by atoms with Crippen molar-refractivity contribution in [2.45, 2.75) is 84.3 Å². The molecule has 0 spiro atoms. The SMILES string of the molecule is C=C(C)COc1ccc(C(=O)OC2CCC(C3CCC(OCC(=C)C)CC3)CC2)cc1C. The van der Waals surface area contributed by atoms with Crippen LogP contribution >= 0.6 is 0 Å². The summed E-state index contributed by atoms with van der Waals surface area (Å²) in [5.41, 5.74) is 3.60. The number of carbonyl (C=O) groups is 1. The minimum atomic E-state index is -0.224. The van der Waals surface area contributed by atoms with Crippen LogP contribution in [0.2, 0.25) is 0 Å². The number of carbonyl (C=O) groups excluding carboxylic acids is 1. The Labute approximate surface area is 194 Å². The molecule has 176 valence electrons. The second-order valence-corrected chi connectivity index (χ2v) is 9.97. The maximum absolute atomic E-state index is 12.7. The molecular weight excluding hydrogens is 400 g/mol. The van der Waals surface area contributed by atoms with Crippen LogP contribution in [-0.4, -0.2) is 31.4 Å². The van der Waals surface area contributed by atoms with Crippen LogP contribution in [0.25, 0.3) is 0 Å². The van der Waals surface area contributed by atoms with Crippen molar-refractivity contribution in [1.82, 2.24) is 0 Å². The van der Waals surface area contributed by atoms with E-state index >= 15 is 0 Å². The standard InChI is InChI=1S/C28H40O4/c1-19(2)17-30-25-11-6-22(7-12-25)23-8-13-26(14-9-23)32-28(29)24-10-15-27(21(5)16-24)31-18-20(3)4/h10,15-16,22-23,25-26H,1,3,6-9,11-14,17-18H2,2,4-5H3. The van der Waals surface area contributed by atoms with E-state index < -0.39 is 0 Å². The number of hydrogen-bond donors (Lipinski definition) is 0. The lowest BCUT2D eigenvalue weighted by Gasteiger charge is -2.37. The molecule has 0 aliphatic heterocycles. The summed E-state index contributed by atoms with van der Waals surface area (Å²) in [6, 6.07) is 5.50. The Morgan fingerprint density at radius 2 is 1.44 bits per heavy atom. The molecule has 0 N–H and O–H groups in total. The lowest BCUT2D eigenvalue weighted by atomic mass is 9.72. The van der Waals surface area contributed by atoms with Crippen molar-refractivity contribution in [1.29, 1.82) is 0 Å². The molecule has 0 atom stereocenters. The van der Waals surface area contributed by atoms with E-state index in [0.717, 1.165) is 72.8 Å². The van der Waals surface area contributed by atoms with Crippen molar-refractivity contribution in [3.8, 4) is 5.75 Å². The van der Waals surface area contributed by atoms with Gasteiger partial charge in [0.2, 0.25) is 0 Å². The molecule has 3 rings (SSSR count). The number of esters is 1. The second-order valence-electron chi connectivity index (χ2n) is 9.97. The van der Waals surface area contributed by atoms with Gasteiger partial charge < -0.3 is 14.2 Å². The Morgan fingerprint density at radius 1 is 0.875 bits per heavy atom. The number of rotatable bonds is 9. The van der Waals surface area contributed by atoms with E-state index in [-0.39, 0.29) is 12.1 Å². The lowest BCUT2D eigenvalue weighted by Crippen LogP contribution is -2.31. The Kier molecular flexibility index (Phi) is 8.98. The van der Waals surface area contributed by atoms with Gasteiger partial charge in [0.25, 0.3) is 0 Å². The quantitative estimate of drug-likeness (QED) is 0.312. The topological polar surface area (TPSA) is 44.8 Å². The van der Waals surface area contributed by atoms with Gasteiger partial charge in [-0.2, -0.15) is 0 Å². The van der Waals surface area contributed by atoms with Gasteiger partial charge in [-0.05, 0) is 113 Å². The van der Waals surface area contributed by atoms with E-state index in [2.05, 4.69) is 13.2 Å². The van der Waals surface area contributed by atoms with E-state index in [1.165, 1.54) is 12.8 Å². The molecule has 0 heterocycles. The largest absolute Gasteiger partial charge is 0.489 e. The Morgan fingerprint density at radius 3 is 1.97 bits per heavy atom. The fourth-order valence-electron chi connectivity index (χ4n) is 5.02. The van der Waals surface area contributed by atoms with Crippen LogP contribution in [0.4, 0.5) is 0 Å². The number of hydrogen-bond acceptors (Lipinski definition) is 4. The van der Waals surface area contributed by atoms with Crippen LogP contribution in [0.3, 0.4) is 0 Å². The van der Waals surface area contributed by atoms with Gasteiger partial charge in [0.05, 0.1) is 18.3 Å². The minimum absolute atomic E-state index is 0.0358. The smallest absolute Gasteiger partial charge is 0.338 e. The second kappa shape index (κ2) is 11.7. The average Bonchev–Trinajstić information content (AvgIpc) is 2.77. The summed E-state index contributed by atoms with van der Waals surface area (Å²) in [5, 5.41) is 0. The minimum Gasteiger partial charge on any atom is -0.489 e. The first kappa shape index (κ1) is 24.6. The fraction of sp³-hybridized carbons (Fsp3) is 0.607. The number of aryl methyl sites for hydroxylation is 1. The Bertz CT molecular complexity index is 796. The molecule has 1 aromatic carbocycles. The molecule has 2 fully saturated rings. The highest BCUT2D eigenvalue weighted by Crippen LogP contribution is 2.39. The van der Waals surface area contributed by atoms with Gasteiger partial charge in [-0.15, -0.1) is 0 Å². The summed E-state index contributed by atoms with van der Waals surface area (Å²) in [5.74, 6) is 2.12. The summed E-state index contributed by atoms with van der Waals surface area (Å²) >= 11 is 0. The van der Waals surface area contributed by atoms with Crippen molar-refractivity contribution >= 4 is 5.97 Å². The molecule has 2 aliphatic rings. The first-order chi connectivity index (χ1) is 15.3. The van der Waals surface area contributed by atoms with Gasteiger partial charge in [0, 0.05) is 0 Å². The van der Waals surface area contributed by atoms with E-state index in [9.17, 15) is 4.79 Å². The zero-order valence-corrected chi connectivity index (χ0v) is 20.2. The van der Waals surface area contributed by atoms with Gasteiger partial charge in [-0.3, -0.25) is 0 Å². The predicted octanol–water partition coefficient (Wildman–Crippen LogP) is 6.82. The first-order valence-corrected chi connectivity index (χ1v) is 12.2. The molecule has 0 amide bonds. The van der Waals surface area contributed by atoms with Crippen LogP contribution in [0.15, 0.2) is 42.5 Å².